The molecular formula is C10H13FN2O5. The maximum atomic E-state index is 14.6. The molecule has 1 aromatic rings. The molecule has 100 valence electrons. The fourth-order valence-corrected chi connectivity index (χ4v) is 1.75. The van der Waals surface area contributed by atoms with Crippen molar-refractivity contribution in [2.75, 3.05) is 0 Å². The fourth-order valence-electron chi connectivity index (χ4n) is 1.75. The predicted molar refractivity (Wildman–Crippen MR) is 55.3 cm³/mol. The van der Waals surface area contributed by atoms with Crippen molar-refractivity contribution in [3.8, 4) is 0 Å². The summed E-state index contributed by atoms with van der Waals surface area (Å²) in [6, 6.07) is 0. The minimum absolute atomic E-state index is 0.0173. The Balaban J connectivity index is 2.31. The molecule has 1 aliphatic rings. The van der Waals surface area contributed by atoms with Crippen LogP contribution in [0.1, 0.15) is 20.1 Å². The molecule has 3 atom stereocenters. The number of halogens is 1. The zero-order chi connectivity index (χ0) is 13.3. The molecule has 0 radical (unpaired) electrons. The minimum atomic E-state index is -2.02. The first-order valence-corrected chi connectivity index (χ1v) is 5.17. The van der Waals surface area contributed by atoms with Gasteiger partial charge in [0.25, 0.3) is 0 Å². The van der Waals surface area contributed by atoms with E-state index in [1.165, 1.54) is 26.3 Å². The van der Waals surface area contributed by atoms with Crippen LogP contribution in [0.3, 0.4) is 0 Å². The molecule has 1 saturated heterocycles. The van der Waals surface area contributed by atoms with Gasteiger partial charge in [0.15, 0.2) is 6.10 Å². The van der Waals surface area contributed by atoms with Crippen molar-refractivity contribution in [2.24, 2.45) is 0 Å². The zero-order valence-corrected chi connectivity index (χ0v) is 9.88. The second kappa shape index (κ2) is 4.28. The number of hydrogen-bond donors (Lipinski definition) is 1. The van der Waals surface area contributed by atoms with Gasteiger partial charge in [0, 0.05) is 6.92 Å². The number of rotatable bonds is 2. The van der Waals surface area contributed by atoms with Crippen molar-refractivity contribution in [3.05, 3.63) is 24.8 Å². The van der Waals surface area contributed by atoms with E-state index in [-0.39, 0.29) is 5.76 Å². The van der Waals surface area contributed by atoms with Crippen LogP contribution in [0.25, 0.3) is 0 Å². The summed E-state index contributed by atoms with van der Waals surface area (Å²) >= 11 is 0. The molecule has 0 bridgehead atoms. The molecule has 1 N–H and O–H groups in total. The second-order valence-electron chi connectivity index (χ2n) is 4.01. The monoisotopic (exact) mass is 260 g/mol. The third-order valence-corrected chi connectivity index (χ3v) is 2.53. The SMILES string of the molecule is C=C1O[C@@H](n2cco[nH]o2)[C@](C)(F)[C@@H]1OC(C)=O. The molecular weight excluding hydrogens is 247 g/mol. The van der Waals surface area contributed by atoms with Crippen molar-refractivity contribution in [1.82, 2.24) is 10.1 Å². The summed E-state index contributed by atoms with van der Waals surface area (Å²) in [5.41, 5.74) is -2.02. The number of H-pyrrole nitrogens is 1. The largest absolute Gasteiger partial charge is 0.465 e. The van der Waals surface area contributed by atoms with E-state index in [1.54, 1.807) is 0 Å². The number of esters is 1. The number of alkyl halides is 1. The quantitative estimate of drug-likeness (QED) is 0.820. The van der Waals surface area contributed by atoms with E-state index in [1.807, 2.05) is 0 Å². The molecule has 1 fully saturated rings. The molecule has 0 aromatic carbocycles. The molecule has 1 aromatic heterocycles. The van der Waals surface area contributed by atoms with Crippen LogP contribution >= 0.6 is 0 Å². The Bertz CT molecular complexity index is 478. The average molecular weight is 260 g/mol. The van der Waals surface area contributed by atoms with Gasteiger partial charge >= 0.3 is 5.97 Å². The van der Waals surface area contributed by atoms with E-state index in [2.05, 4.69) is 16.4 Å². The number of ether oxygens (including phenoxy) is 2. The highest BCUT2D eigenvalue weighted by Gasteiger charge is 2.56. The molecule has 2 rings (SSSR count). The zero-order valence-electron chi connectivity index (χ0n) is 9.88. The lowest BCUT2D eigenvalue weighted by atomic mass is 10.0. The minimum Gasteiger partial charge on any atom is -0.465 e. The fraction of sp³-hybridized carbons (Fsp3) is 0.500. The predicted octanol–water partition coefficient (Wildman–Crippen LogP) is 1.83. The topological polar surface area (TPSA) is 82.5 Å². The average Bonchev–Trinajstić information content (AvgIpc) is 2.53. The van der Waals surface area contributed by atoms with E-state index >= 15 is 0 Å². The van der Waals surface area contributed by atoms with Crippen LogP contribution in [0.4, 0.5) is 4.39 Å². The Labute approximate surface area is 101 Å². The van der Waals surface area contributed by atoms with E-state index < -0.39 is 24.0 Å². The lowest BCUT2D eigenvalue weighted by Gasteiger charge is -2.24. The van der Waals surface area contributed by atoms with Crippen LogP contribution in [0.2, 0.25) is 0 Å². The number of hydrogen-bond acceptors (Lipinski definition) is 5. The van der Waals surface area contributed by atoms with Crippen molar-refractivity contribution in [2.45, 2.75) is 31.8 Å². The molecule has 0 aliphatic carbocycles. The van der Waals surface area contributed by atoms with Crippen LogP contribution in [0, 0.1) is 0 Å². The smallest absolute Gasteiger partial charge is 0.303 e. The van der Waals surface area contributed by atoms with E-state index in [9.17, 15) is 9.18 Å². The lowest BCUT2D eigenvalue weighted by molar-refractivity contribution is -0.153. The van der Waals surface area contributed by atoms with Gasteiger partial charge in [-0.1, -0.05) is 11.9 Å². The van der Waals surface area contributed by atoms with E-state index in [4.69, 9.17) is 14.1 Å². The number of aromatic nitrogens is 2. The van der Waals surface area contributed by atoms with Gasteiger partial charge in [0.2, 0.25) is 11.9 Å². The van der Waals surface area contributed by atoms with Crippen LogP contribution in [0.5, 0.6) is 0 Å². The Morgan fingerprint density at radius 1 is 1.72 bits per heavy atom. The maximum absolute atomic E-state index is 14.6. The van der Waals surface area contributed by atoms with Gasteiger partial charge in [-0.05, 0) is 6.92 Å². The Morgan fingerprint density at radius 3 is 3.00 bits per heavy atom. The van der Waals surface area contributed by atoms with Gasteiger partial charge in [-0.15, -0.1) is 4.74 Å². The van der Waals surface area contributed by atoms with Crippen molar-refractivity contribution in [3.63, 3.8) is 0 Å². The van der Waals surface area contributed by atoms with Gasteiger partial charge in [0.1, 0.15) is 12.0 Å². The third kappa shape index (κ3) is 2.01. The van der Waals surface area contributed by atoms with Gasteiger partial charge in [-0.3, -0.25) is 9.42 Å². The first kappa shape index (κ1) is 12.3. The Morgan fingerprint density at radius 2 is 2.44 bits per heavy atom. The molecule has 8 heteroatoms. The summed E-state index contributed by atoms with van der Waals surface area (Å²) in [5, 5.41) is 2.07. The molecule has 7 nitrogen and oxygen atoms in total. The first-order chi connectivity index (χ1) is 8.43. The molecule has 2 heterocycles. The van der Waals surface area contributed by atoms with Crippen LogP contribution in [0.15, 0.2) is 34.0 Å². The van der Waals surface area contributed by atoms with Gasteiger partial charge in [-0.2, -0.15) is 0 Å². The normalized spacial score (nSPS) is 30.9. The molecule has 0 unspecified atom stereocenters. The number of nitrogens with zero attached hydrogens (tertiary/aromatic N) is 1. The molecule has 0 saturated carbocycles. The molecule has 0 amide bonds. The summed E-state index contributed by atoms with van der Waals surface area (Å²) in [4.78, 5) is 10.9. The number of aromatic amines is 1. The summed E-state index contributed by atoms with van der Waals surface area (Å²) in [5.74, 6) is -0.602. The Kier molecular flexibility index (Phi) is 2.93. The first-order valence-electron chi connectivity index (χ1n) is 5.17. The van der Waals surface area contributed by atoms with Gasteiger partial charge in [-0.25, -0.2) is 4.39 Å². The van der Waals surface area contributed by atoms with Gasteiger partial charge < -0.3 is 14.0 Å². The van der Waals surface area contributed by atoms with E-state index in [0.717, 1.165) is 4.74 Å². The van der Waals surface area contributed by atoms with E-state index in [0.29, 0.717) is 0 Å². The highest BCUT2D eigenvalue weighted by Crippen LogP contribution is 2.44. The van der Waals surface area contributed by atoms with Crippen LogP contribution < -0.4 is 0 Å². The van der Waals surface area contributed by atoms with Crippen LogP contribution in [-0.4, -0.2) is 27.8 Å². The number of carbonyl (C=O) groups excluding carboxylic acids is 1. The summed E-state index contributed by atoms with van der Waals surface area (Å²) in [6.07, 6.45) is 0.217. The number of carbonyl (C=O) groups is 1. The summed E-state index contributed by atoms with van der Waals surface area (Å²) in [6.45, 7) is 5.95. The standard InChI is InChI=1S/C10H13FN2O5/c1-6-8(17-7(2)14)10(3,11)9(16-6)13-4-5-15-12-18-13/h4-5,8-9,12H,1H2,2-3H3/t8-,9-,10-/m1/s1. The highest BCUT2D eigenvalue weighted by molar-refractivity contribution is 5.66. The lowest BCUT2D eigenvalue weighted by Crippen LogP contribution is -2.39. The highest BCUT2D eigenvalue weighted by atomic mass is 19.1. The summed E-state index contributed by atoms with van der Waals surface area (Å²) < 4.78 is 35.2. The maximum Gasteiger partial charge on any atom is 0.303 e. The Hall–Kier alpha value is -2.12. The second-order valence-corrected chi connectivity index (χ2v) is 4.01. The third-order valence-electron chi connectivity index (χ3n) is 2.53. The van der Waals surface area contributed by atoms with Crippen molar-refractivity contribution in [1.29, 1.82) is 0 Å². The van der Waals surface area contributed by atoms with Crippen LogP contribution in [-0.2, 0) is 14.3 Å². The molecule has 0 spiro atoms. The molecule has 18 heavy (non-hydrogen) atoms. The van der Waals surface area contributed by atoms with Crippen molar-refractivity contribution < 1.29 is 27.8 Å². The number of nitrogens with one attached hydrogen (secondary N) is 1. The molecule has 1 aliphatic heterocycles. The van der Waals surface area contributed by atoms with Crippen molar-refractivity contribution >= 4 is 5.97 Å². The van der Waals surface area contributed by atoms with Gasteiger partial charge in [0.05, 0.1) is 6.20 Å². The summed E-state index contributed by atoms with van der Waals surface area (Å²) in [7, 11) is 0.